The molecule has 0 aliphatic rings. The van der Waals surface area contributed by atoms with Crippen LogP contribution in [0.4, 0.5) is 0 Å². The number of nitrogens with zero attached hydrogens (tertiary/aromatic N) is 1. The molecule has 0 aliphatic heterocycles. The third-order valence-electron chi connectivity index (χ3n) is 1.70. The summed E-state index contributed by atoms with van der Waals surface area (Å²) in [6.07, 6.45) is 3.70. The highest BCUT2D eigenvalue weighted by Crippen LogP contribution is 2.10. The van der Waals surface area contributed by atoms with Gasteiger partial charge in [-0.2, -0.15) is 0 Å². The Balaban J connectivity index is 0.000000720. The third kappa shape index (κ3) is 2.34. The molecule has 72 valence electrons. The molecule has 0 saturated heterocycles. The molecule has 0 atom stereocenters. The first-order chi connectivity index (χ1) is 5.40. The Kier molecular flexibility index (Phi) is 4.77. The van der Waals surface area contributed by atoms with Crippen molar-refractivity contribution in [2.24, 2.45) is 5.73 Å². The van der Waals surface area contributed by atoms with Gasteiger partial charge in [0.2, 0.25) is 0 Å². The van der Waals surface area contributed by atoms with Gasteiger partial charge in [-0.15, -0.1) is 24.8 Å². The quantitative estimate of drug-likeness (QED) is 0.770. The predicted octanol–water partition coefficient (Wildman–Crippen LogP) is 1.87. The minimum Gasteiger partial charge on any atom is -0.360 e. The molecule has 13 heavy (non-hydrogen) atoms. The normalized spacial score (nSPS) is 9.00. The number of halogens is 2. The van der Waals surface area contributed by atoms with Crippen molar-refractivity contribution in [2.75, 3.05) is 0 Å². The van der Waals surface area contributed by atoms with Gasteiger partial charge < -0.3 is 10.7 Å². The largest absolute Gasteiger partial charge is 0.360 e. The average molecular weight is 220 g/mol. The molecule has 0 fully saturated rings. The Morgan fingerprint density at radius 1 is 1.38 bits per heavy atom. The van der Waals surface area contributed by atoms with Crippen molar-refractivity contribution < 1.29 is 0 Å². The molecule has 0 saturated carbocycles. The van der Waals surface area contributed by atoms with E-state index in [9.17, 15) is 0 Å². The third-order valence-corrected chi connectivity index (χ3v) is 1.70. The van der Waals surface area contributed by atoms with Gasteiger partial charge in [0.15, 0.2) is 0 Å². The van der Waals surface area contributed by atoms with Gasteiger partial charge >= 0.3 is 0 Å². The van der Waals surface area contributed by atoms with Crippen LogP contribution in [0.5, 0.6) is 0 Å². The van der Waals surface area contributed by atoms with Gasteiger partial charge in [0.1, 0.15) is 0 Å². The summed E-state index contributed by atoms with van der Waals surface area (Å²) in [6, 6.07) is 4.00. The second kappa shape index (κ2) is 5.07. The molecule has 2 rings (SSSR count). The topological polar surface area (TPSA) is 54.7 Å². The maximum Gasteiger partial charge on any atom is 0.0640 e. The van der Waals surface area contributed by atoms with E-state index in [0.29, 0.717) is 6.54 Å². The first kappa shape index (κ1) is 12.2. The minimum atomic E-state index is 0. The van der Waals surface area contributed by atoms with Gasteiger partial charge in [-0.25, -0.2) is 0 Å². The summed E-state index contributed by atoms with van der Waals surface area (Å²) in [5, 5.41) is 1.17. The number of rotatable bonds is 1. The van der Waals surface area contributed by atoms with E-state index in [1.165, 1.54) is 5.39 Å². The van der Waals surface area contributed by atoms with Crippen LogP contribution in [0.2, 0.25) is 0 Å². The molecular formula is C8H11Cl2N3. The van der Waals surface area contributed by atoms with Gasteiger partial charge in [-0.3, -0.25) is 4.98 Å². The summed E-state index contributed by atoms with van der Waals surface area (Å²) in [4.78, 5) is 7.21. The number of fused-ring (bicyclic) bond motifs is 1. The summed E-state index contributed by atoms with van der Waals surface area (Å²) >= 11 is 0. The predicted molar refractivity (Wildman–Crippen MR) is 58.5 cm³/mol. The Morgan fingerprint density at radius 2 is 2.15 bits per heavy atom. The molecule has 0 amide bonds. The summed E-state index contributed by atoms with van der Waals surface area (Å²) < 4.78 is 0. The Morgan fingerprint density at radius 3 is 2.85 bits per heavy atom. The smallest absolute Gasteiger partial charge is 0.0640 e. The van der Waals surface area contributed by atoms with Crippen molar-refractivity contribution in [3.8, 4) is 0 Å². The molecule has 0 radical (unpaired) electrons. The number of aromatic amines is 1. The van der Waals surface area contributed by atoms with Crippen LogP contribution in [-0.2, 0) is 6.54 Å². The Labute approximate surface area is 88.6 Å². The zero-order chi connectivity index (χ0) is 7.68. The van der Waals surface area contributed by atoms with Crippen LogP contribution in [-0.4, -0.2) is 9.97 Å². The van der Waals surface area contributed by atoms with Crippen molar-refractivity contribution in [3.63, 3.8) is 0 Å². The van der Waals surface area contributed by atoms with E-state index < -0.39 is 0 Å². The molecule has 0 spiro atoms. The number of nitrogens with two attached hydrogens (primary N) is 1. The van der Waals surface area contributed by atoms with Crippen LogP contribution in [0.15, 0.2) is 24.5 Å². The monoisotopic (exact) mass is 219 g/mol. The first-order valence-electron chi connectivity index (χ1n) is 3.52. The van der Waals surface area contributed by atoms with Crippen LogP contribution in [0.1, 0.15) is 5.69 Å². The van der Waals surface area contributed by atoms with Crippen LogP contribution < -0.4 is 5.73 Å². The fourth-order valence-electron chi connectivity index (χ4n) is 1.11. The van der Waals surface area contributed by atoms with Crippen molar-refractivity contribution in [2.45, 2.75) is 6.54 Å². The Hall–Kier alpha value is -0.770. The van der Waals surface area contributed by atoms with Gasteiger partial charge in [0.25, 0.3) is 0 Å². The molecule has 2 aromatic rings. The Bertz CT molecular complexity index is 372. The van der Waals surface area contributed by atoms with E-state index in [1.54, 1.807) is 6.20 Å². The summed E-state index contributed by atoms with van der Waals surface area (Å²) in [7, 11) is 0. The zero-order valence-corrected chi connectivity index (χ0v) is 8.49. The standard InChI is InChI=1S/C8H9N3.2ClH/c9-4-7-3-6-1-2-10-8(6)5-11-7;;/h1-3,5,10H,4,9H2;2*1H. The molecule has 0 aliphatic carbocycles. The van der Waals surface area contributed by atoms with E-state index in [4.69, 9.17) is 5.73 Å². The van der Waals surface area contributed by atoms with Crippen molar-refractivity contribution in [3.05, 3.63) is 30.2 Å². The molecule has 0 aromatic carbocycles. The van der Waals surface area contributed by atoms with E-state index >= 15 is 0 Å². The van der Waals surface area contributed by atoms with Crippen molar-refractivity contribution in [1.29, 1.82) is 0 Å². The van der Waals surface area contributed by atoms with Gasteiger partial charge in [0, 0.05) is 18.1 Å². The summed E-state index contributed by atoms with van der Waals surface area (Å²) in [6.45, 7) is 0.501. The lowest BCUT2D eigenvalue weighted by Crippen LogP contribution is -1.98. The number of nitrogens with one attached hydrogen (secondary N) is 1. The molecule has 3 N–H and O–H groups in total. The highest BCUT2D eigenvalue weighted by atomic mass is 35.5. The first-order valence-corrected chi connectivity index (χ1v) is 3.52. The molecule has 0 unspecified atom stereocenters. The highest BCUT2D eigenvalue weighted by molar-refractivity contribution is 5.85. The van der Waals surface area contributed by atoms with E-state index in [2.05, 4.69) is 9.97 Å². The molecule has 5 heteroatoms. The second-order valence-corrected chi connectivity index (χ2v) is 2.44. The van der Waals surface area contributed by atoms with Crippen LogP contribution >= 0.6 is 24.8 Å². The summed E-state index contributed by atoms with van der Waals surface area (Å²) in [5.41, 5.74) is 7.42. The number of pyridine rings is 1. The average Bonchev–Trinajstić information content (AvgIpc) is 2.50. The molecule has 0 bridgehead atoms. The zero-order valence-electron chi connectivity index (χ0n) is 6.86. The van der Waals surface area contributed by atoms with Crippen molar-refractivity contribution in [1.82, 2.24) is 9.97 Å². The highest BCUT2D eigenvalue weighted by Gasteiger charge is 1.95. The molecule has 2 aromatic heterocycles. The van der Waals surface area contributed by atoms with E-state index in [0.717, 1.165) is 11.2 Å². The van der Waals surface area contributed by atoms with E-state index in [-0.39, 0.29) is 24.8 Å². The van der Waals surface area contributed by atoms with Crippen LogP contribution in [0.3, 0.4) is 0 Å². The van der Waals surface area contributed by atoms with Crippen LogP contribution in [0, 0.1) is 0 Å². The number of hydrogen-bond donors (Lipinski definition) is 2. The second-order valence-electron chi connectivity index (χ2n) is 2.44. The van der Waals surface area contributed by atoms with Crippen LogP contribution in [0.25, 0.3) is 10.9 Å². The lowest BCUT2D eigenvalue weighted by atomic mass is 10.3. The maximum absolute atomic E-state index is 5.44. The number of aromatic nitrogens is 2. The van der Waals surface area contributed by atoms with E-state index in [1.807, 2.05) is 18.3 Å². The van der Waals surface area contributed by atoms with Gasteiger partial charge in [0.05, 0.1) is 17.4 Å². The van der Waals surface area contributed by atoms with Crippen molar-refractivity contribution >= 4 is 35.7 Å². The van der Waals surface area contributed by atoms with Gasteiger partial charge in [-0.1, -0.05) is 0 Å². The summed E-state index contributed by atoms with van der Waals surface area (Å²) in [5.74, 6) is 0. The maximum atomic E-state index is 5.44. The fourth-order valence-corrected chi connectivity index (χ4v) is 1.11. The minimum absolute atomic E-state index is 0. The molecular weight excluding hydrogens is 209 g/mol. The number of hydrogen-bond acceptors (Lipinski definition) is 2. The number of H-pyrrole nitrogens is 1. The molecule has 2 heterocycles. The lowest BCUT2D eigenvalue weighted by Gasteiger charge is -1.94. The van der Waals surface area contributed by atoms with Gasteiger partial charge in [-0.05, 0) is 12.1 Å². The lowest BCUT2D eigenvalue weighted by molar-refractivity contribution is 0.997. The molecule has 3 nitrogen and oxygen atoms in total. The SMILES string of the molecule is Cl.Cl.NCc1cc2cc[nH]c2cn1. The fraction of sp³-hybridized carbons (Fsp3) is 0.125.